The molecule has 1 heteroatoms. The summed E-state index contributed by atoms with van der Waals surface area (Å²) in [6.07, 6.45) is 2.36. The van der Waals surface area contributed by atoms with E-state index in [0.717, 1.165) is 6.42 Å². The van der Waals surface area contributed by atoms with E-state index in [1.54, 1.807) is 0 Å². The summed E-state index contributed by atoms with van der Waals surface area (Å²) in [7, 11) is 0. The van der Waals surface area contributed by atoms with E-state index < -0.39 is 0 Å². The summed E-state index contributed by atoms with van der Waals surface area (Å²) in [5, 5.41) is 0. The highest BCUT2D eigenvalue weighted by Gasteiger charge is 1.89. The van der Waals surface area contributed by atoms with Crippen molar-refractivity contribution in [3.05, 3.63) is 0 Å². The second kappa shape index (κ2) is 4.54. The molecule has 0 spiro atoms. The molecule has 0 heterocycles. The van der Waals surface area contributed by atoms with Gasteiger partial charge in [0.2, 0.25) is 0 Å². The molecule has 54 valence electrons. The van der Waals surface area contributed by atoms with Crippen LogP contribution in [0.2, 0.25) is 0 Å². The molecule has 0 bridgehead atoms. The Kier molecular flexibility index (Phi) is 4.37. The van der Waals surface area contributed by atoms with Gasteiger partial charge in [0.15, 0.2) is 0 Å². The third-order valence-electron chi connectivity index (χ3n) is 1.09. The lowest BCUT2D eigenvalue weighted by Crippen LogP contribution is -1.96. The fourth-order valence-corrected chi connectivity index (χ4v) is 0.867. The summed E-state index contributed by atoms with van der Waals surface area (Å²) >= 11 is 0. The maximum atomic E-state index is 4.38. The molecule has 0 fully saturated rings. The fourth-order valence-electron chi connectivity index (χ4n) is 0.867. The number of rotatable bonds is 3. The second-order valence-corrected chi connectivity index (χ2v) is 2.71. The minimum absolute atomic E-state index is 0.469. The molecule has 0 aromatic rings. The van der Waals surface area contributed by atoms with Crippen molar-refractivity contribution in [2.45, 2.75) is 46.6 Å². The largest absolute Gasteiger partial charge is 0.292 e. The van der Waals surface area contributed by atoms with E-state index in [9.17, 15) is 0 Å². The van der Waals surface area contributed by atoms with Crippen LogP contribution in [-0.2, 0) is 0 Å². The van der Waals surface area contributed by atoms with Crippen molar-refractivity contribution < 1.29 is 0 Å². The quantitative estimate of drug-likeness (QED) is 0.517. The van der Waals surface area contributed by atoms with E-state index in [2.05, 4.69) is 32.7 Å². The van der Waals surface area contributed by atoms with E-state index in [0.29, 0.717) is 6.04 Å². The van der Waals surface area contributed by atoms with Crippen LogP contribution in [0.4, 0.5) is 0 Å². The Morgan fingerprint density at radius 1 is 1.44 bits per heavy atom. The molecule has 0 amide bonds. The smallest absolute Gasteiger partial charge is 0.0442 e. The predicted octanol–water partition coefficient (Wildman–Crippen LogP) is 2.66. The van der Waals surface area contributed by atoms with Crippen molar-refractivity contribution in [1.29, 1.82) is 0 Å². The van der Waals surface area contributed by atoms with Gasteiger partial charge in [0, 0.05) is 11.8 Å². The first-order valence-electron chi connectivity index (χ1n) is 3.70. The molecule has 0 aliphatic rings. The molecule has 0 atom stereocenters. The molecular formula is C8H17N. The van der Waals surface area contributed by atoms with Crippen LogP contribution in [0, 0.1) is 0 Å². The topological polar surface area (TPSA) is 12.4 Å². The van der Waals surface area contributed by atoms with Gasteiger partial charge in [-0.1, -0.05) is 13.3 Å². The van der Waals surface area contributed by atoms with Crippen LogP contribution < -0.4 is 0 Å². The molecule has 9 heavy (non-hydrogen) atoms. The van der Waals surface area contributed by atoms with Crippen LogP contribution in [0.15, 0.2) is 4.99 Å². The van der Waals surface area contributed by atoms with Gasteiger partial charge in [0.1, 0.15) is 0 Å². The summed E-state index contributed by atoms with van der Waals surface area (Å²) < 4.78 is 0. The maximum absolute atomic E-state index is 4.38. The van der Waals surface area contributed by atoms with E-state index >= 15 is 0 Å². The molecule has 0 aliphatic carbocycles. The third-order valence-corrected chi connectivity index (χ3v) is 1.09. The zero-order valence-electron chi connectivity index (χ0n) is 6.94. The first-order valence-corrected chi connectivity index (χ1v) is 3.70. The highest BCUT2D eigenvalue weighted by atomic mass is 14.8. The predicted molar refractivity (Wildman–Crippen MR) is 43.2 cm³/mol. The number of aliphatic imine (C=N–C) groups is 1. The van der Waals surface area contributed by atoms with Crippen molar-refractivity contribution in [3.8, 4) is 0 Å². The van der Waals surface area contributed by atoms with Gasteiger partial charge in [-0.2, -0.15) is 0 Å². The van der Waals surface area contributed by atoms with Crippen molar-refractivity contribution in [3.63, 3.8) is 0 Å². The summed E-state index contributed by atoms with van der Waals surface area (Å²) in [4.78, 5) is 4.38. The minimum Gasteiger partial charge on any atom is -0.292 e. The lowest BCUT2D eigenvalue weighted by atomic mass is 10.2. The van der Waals surface area contributed by atoms with Crippen LogP contribution in [-0.4, -0.2) is 11.8 Å². The summed E-state index contributed by atoms with van der Waals surface area (Å²) in [6.45, 7) is 8.50. The molecule has 0 radical (unpaired) electrons. The molecule has 0 saturated heterocycles. The molecule has 0 aromatic heterocycles. The first kappa shape index (κ1) is 8.67. The number of hydrogen-bond acceptors (Lipinski definition) is 1. The summed E-state index contributed by atoms with van der Waals surface area (Å²) in [6, 6.07) is 0.469. The van der Waals surface area contributed by atoms with Gasteiger partial charge in [-0.15, -0.1) is 0 Å². The van der Waals surface area contributed by atoms with E-state index in [1.807, 2.05) is 0 Å². The van der Waals surface area contributed by atoms with Gasteiger partial charge in [-0.3, -0.25) is 4.99 Å². The van der Waals surface area contributed by atoms with Crippen LogP contribution in [0.5, 0.6) is 0 Å². The van der Waals surface area contributed by atoms with Crippen molar-refractivity contribution in [2.75, 3.05) is 0 Å². The molecule has 0 aliphatic heterocycles. The highest BCUT2D eigenvalue weighted by molar-refractivity contribution is 5.81. The molecule has 1 nitrogen and oxygen atoms in total. The number of nitrogens with zero attached hydrogens (tertiary/aromatic N) is 1. The molecular weight excluding hydrogens is 110 g/mol. The Balaban J connectivity index is 3.55. The highest BCUT2D eigenvalue weighted by Crippen LogP contribution is 1.94. The average Bonchev–Trinajstić information content (AvgIpc) is 1.63. The fraction of sp³-hybridized carbons (Fsp3) is 0.875. The van der Waals surface area contributed by atoms with Gasteiger partial charge in [-0.25, -0.2) is 0 Å². The summed E-state index contributed by atoms with van der Waals surface area (Å²) in [5.41, 5.74) is 1.28. The molecule has 0 unspecified atom stereocenters. The zero-order chi connectivity index (χ0) is 7.28. The average molecular weight is 127 g/mol. The van der Waals surface area contributed by atoms with Gasteiger partial charge in [-0.05, 0) is 27.2 Å². The Morgan fingerprint density at radius 3 is 2.33 bits per heavy atom. The normalized spacial score (nSPS) is 12.8. The maximum Gasteiger partial charge on any atom is 0.0442 e. The first-order chi connectivity index (χ1) is 4.16. The minimum atomic E-state index is 0.469. The Morgan fingerprint density at radius 2 is 2.00 bits per heavy atom. The monoisotopic (exact) mass is 127 g/mol. The molecule has 0 saturated carbocycles. The Labute approximate surface area is 58.2 Å². The van der Waals surface area contributed by atoms with E-state index in [-0.39, 0.29) is 0 Å². The van der Waals surface area contributed by atoms with Crippen LogP contribution >= 0.6 is 0 Å². The summed E-state index contributed by atoms with van der Waals surface area (Å²) in [5.74, 6) is 0. The van der Waals surface area contributed by atoms with Crippen LogP contribution in [0.1, 0.15) is 40.5 Å². The molecule has 0 aromatic carbocycles. The van der Waals surface area contributed by atoms with Crippen LogP contribution in [0.3, 0.4) is 0 Å². The Hall–Kier alpha value is -0.330. The van der Waals surface area contributed by atoms with Gasteiger partial charge in [0.25, 0.3) is 0 Å². The zero-order valence-corrected chi connectivity index (χ0v) is 6.94. The van der Waals surface area contributed by atoms with Crippen LogP contribution in [0.25, 0.3) is 0 Å². The van der Waals surface area contributed by atoms with E-state index in [1.165, 1.54) is 12.1 Å². The van der Waals surface area contributed by atoms with Crippen molar-refractivity contribution in [2.24, 2.45) is 4.99 Å². The van der Waals surface area contributed by atoms with E-state index in [4.69, 9.17) is 0 Å². The Bertz CT molecular complexity index is 92.7. The molecule has 0 rings (SSSR count). The van der Waals surface area contributed by atoms with Crippen molar-refractivity contribution >= 4 is 5.71 Å². The van der Waals surface area contributed by atoms with Gasteiger partial charge >= 0.3 is 0 Å². The third kappa shape index (κ3) is 5.54. The lowest BCUT2D eigenvalue weighted by molar-refractivity contribution is 0.822. The standard InChI is InChI=1S/C8H17N/c1-5-6-8(4)9-7(2)3/h7H,5-6H2,1-4H3. The lowest BCUT2D eigenvalue weighted by Gasteiger charge is -1.99. The molecule has 0 N–H and O–H groups in total. The van der Waals surface area contributed by atoms with Gasteiger partial charge in [0.05, 0.1) is 0 Å². The number of hydrogen-bond donors (Lipinski definition) is 0. The van der Waals surface area contributed by atoms with Gasteiger partial charge < -0.3 is 0 Å². The second-order valence-electron chi connectivity index (χ2n) is 2.71. The SMILES string of the molecule is CCCC(C)=NC(C)C. The van der Waals surface area contributed by atoms with Crippen molar-refractivity contribution in [1.82, 2.24) is 0 Å².